The third kappa shape index (κ3) is 3.82. The number of anilines is 1. The van der Waals surface area contributed by atoms with Crippen LogP contribution in [-0.2, 0) is 4.74 Å². The number of carboxylic acids is 1. The van der Waals surface area contributed by atoms with Crippen LogP contribution in [0.4, 0.5) is 5.82 Å². The standard InChI is InChI=1S/C10H15N3O3/c1-2-16-7-3-4-12-9-8(10(14)15)11-5-6-13-9/h5-6H,2-4,7H2,1H3,(H,12,13)(H,14,15). The van der Waals surface area contributed by atoms with Gasteiger partial charge in [-0.3, -0.25) is 0 Å². The van der Waals surface area contributed by atoms with E-state index in [0.717, 1.165) is 6.42 Å². The van der Waals surface area contributed by atoms with Crippen LogP contribution in [0.25, 0.3) is 0 Å². The van der Waals surface area contributed by atoms with Gasteiger partial charge in [0.1, 0.15) is 0 Å². The summed E-state index contributed by atoms with van der Waals surface area (Å²) in [5, 5.41) is 11.8. The summed E-state index contributed by atoms with van der Waals surface area (Å²) >= 11 is 0. The van der Waals surface area contributed by atoms with Gasteiger partial charge in [0.15, 0.2) is 11.5 Å². The van der Waals surface area contributed by atoms with Crippen molar-refractivity contribution in [3.63, 3.8) is 0 Å². The Morgan fingerprint density at radius 1 is 1.50 bits per heavy atom. The summed E-state index contributed by atoms with van der Waals surface area (Å²) in [6.07, 6.45) is 3.61. The maximum absolute atomic E-state index is 10.8. The number of nitrogens with one attached hydrogen (secondary N) is 1. The van der Waals surface area contributed by atoms with Crippen molar-refractivity contribution in [2.75, 3.05) is 25.1 Å². The van der Waals surface area contributed by atoms with Crippen molar-refractivity contribution in [3.05, 3.63) is 18.1 Å². The van der Waals surface area contributed by atoms with Gasteiger partial charge in [-0.05, 0) is 13.3 Å². The molecule has 0 saturated carbocycles. The van der Waals surface area contributed by atoms with E-state index >= 15 is 0 Å². The molecule has 0 atom stereocenters. The number of rotatable bonds is 7. The van der Waals surface area contributed by atoms with Crippen molar-refractivity contribution in [1.82, 2.24) is 9.97 Å². The molecule has 0 aliphatic heterocycles. The fraction of sp³-hybridized carbons (Fsp3) is 0.500. The van der Waals surface area contributed by atoms with Gasteiger partial charge in [0, 0.05) is 32.2 Å². The van der Waals surface area contributed by atoms with E-state index in [1.165, 1.54) is 12.4 Å². The molecular weight excluding hydrogens is 210 g/mol. The molecule has 1 aromatic rings. The van der Waals surface area contributed by atoms with Crippen molar-refractivity contribution in [2.24, 2.45) is 0 Å². The second-order valence-corrected chi connectivity index (χ2v) is 3.04. The van der Waals surface area contributed by atoms with E-state index in [1.807, 2.05) is 6.92 Å². The summed E-state index contributed by atoms with van der Waals surface area (Å²) in [6, 6.07) is 0. The molecule has 16 heavy (non-hydrogen) atoms. The Labute approximate surface area is 93.7 Å². The van der Waals surface area contributed by atoms with Crippen LogP contribution in [0.3, 0.4) is 0 Å². The van der Waals surface area contributed by atoms with Crippen molar-refractivity contribution < 1.29 is 14.6 Å². The molecule has 0 aliphatic rings. The molecule has 1 heterocycles. The maximum atomic E-state index is 10.8. The van der Waals surface area contributed by atoms with E-state index < -0.39 is 5.97 Å². The highest BCUT2D eigenvalue weighted by Crippen LogP contribution is 2.07. The van der Waals surface area contributed by atoms with Gasteiger partial charge < -0.3 is 15.2 Å². The Morgan fingerprint density at radius 3 is 2.94 bits per heavy atom. The summed E-state index contributed by atoms with van der Waals surface area (Å²) < 4.78 is 5.16. The zero-order chi connectivity index (χ0) is 11.8. The molecule has 6 nitrogen and oxygen atoms in total. The lowest BCUT2D eigenvalue weighted by atomic mass is 10.4. The second-order valence-electron chi connectivity index (χ2n) is 3.04. The van der Waals surface area contributed by atoms with Crippen LogP contribution in [0.2, 0.25) is 0 Å². The number of aromatic nitrogens is 2. The minimum atomic E-state index is -1.08. The van der Waals surface area contributed by atoms with Crippen LogP contribution >= 0.6 is 0 Å². The highest BCUT2D eigenvalue weighted by molar-refractivity contribution is 5.90. The molecule has 0 unspecified atom stereocenters. The van der Waals surface area contributed by atoms with Crippen LogP contribution in [0.5, 0.6) is 0 Å². The van der Waals surface area contributed by atoms with Crippen LogP contribution < -0.4 is 5.32 Å². The molecule has 6 heteroatoms. The minimum Gasteiger partial charge on any atom is -0.476 e. The van der Waals surface area contributed by atoms with E-state index in [0.29, 0.717) is 25.6 Å². The highest BCUT2D eigenvalue weighted by atomic mass is 16.5. The van der Waals surface area contributed by atoms with E-state index in [4.69, 9.17) is 9.84 Å². The molecule has 0 spiro atoms. The van der Waals surface area contributed by atoms with Crippen LogP contribution in [0.1, 0.15) is 23.8 Å². The molecule has 0 radical (unpaired) electrons. The lowest BCUT2D eigenvalue weighted by Crippen LogP contribution is -2.12. The van der Waals surface area contributed by atoms with Gasteiger partial charge in [-0.15, -0.1) is 0 Å². The largest absolute Gasteiger partial charge is 0.476 e. The second kappa shape index (κ2) is 6.73. The minimum absolute atomic E-state index is 0.0566. The number of carbonyl (C=O) groups is 1. The number of ether oxygens (including phenoxy) is 1. The first-order chi connectivity index (χ1) is 7.75. The third-order valence-corrected chi connectivity index (χ3v) is 1.86. The quantitative estimate of drug-likeness (QED) is 0.674. The smallest absolute Gasteiger partial charge is 0.358 e. The topological polar surface area (TPSA) is 84.3 Å². The van der Waals surface area contributed by atoms with Crippen molar-refractivity contribution in [3.8, 4) is 0 Å². The summed E-state index contributed by atoms with van der Waals surface area (Å²) in [5.41, 5.74) is -0.0566. The van der Waals surface area contributed by atoms with Crippen LogP contribution in [0.15, 0.2) is 12.4 Å². The predicted molar refractivity (Wildman–Crippen MR) is 58.6 cm³/mol. The molecule has 0 bridgehead atoms. The summed E-state index contributed by atoms with van der Waals surface area (Å²) in [5.74, 6) is -0.785. The Hall–Kier alpha value is -1.69. The molecule has 0 amide bonds. The summed E-state index contributed by atoms with van der Waals surface area (Å²) in [6.45, 7) is 3.87. The van der Waals surface area contributed by atoms with E-state index in [-0.39, 0.29) is 5.69 Å². The number of aromatic carboxylic acids is 1. The van der Waals surface area contributed by atoms with Gasteiger partial charge in [-0.1, -0.05) is 0 Å². The van der Waals surface area contributed by atoms with Crippen molar-refractivity contribution >= 4 is 11.8 Å². The SMILES string of the molecule is CCOCCCNc1nccnc1C(=O)O. The maximum Gasteiger partial charge on any atom is 0.358 e. The van der Waals surface area contributed by atoms with Gasteiger partial charge in [-0.2, -0.15) is 0 Å². The number of hydrogen-bond acceptors (Lipinski definition) is 5. The normalized spacial score (nSPS) is 10.1. The molecule has 1 aromatic heterocycles. The molecule has 2 N–H and O–H groups in total. The zero-order valence-electron chi connectivity index (χ0n) is 9.14. The van der Waals surface area contributed by atoms with Gasteiger partial charge in [-0.25, -0.2) is 14.8 Å². The summed E-state index contributed by atoms with van der Waals surface area (Å²) in [7, 11) is 0. The number of hydrogen-bond donors (Lipinski definition) is 2. The van der Waals surface area contributed by atoms with E-state index in [1.54, 1.807) is 0 Å². The fourth-order valence-electron chi connectivity index (χ4n) is 1.15. The predicted octanol–water partition coefficient (Wildman–Crippen LogP) is 1.01. The average molecular weight is 225 g/mol. The molecule has 0 saturated heterocycles. The molecule has 1 rings (SSSR count). The monoisotopic (exact) mass is 225 g/mol. The Balaban J connectivity index is 2.44. The first-order valence-corrected chi connectivity index (χ1v) is 5.11. The van der Waals surface area contributed by atoms with Crippen LogP contribution in [0, 0.1) is 0 Å². The first-order valence-electron chi connectivity index (χ1n) is 5.11. The van der Waals surface area contributed by atoms with Gasteiger partial charge in [0.25, 0.3) is 0 Å². The molecule has 0 fully saturated rings. The van der Waals surface area contributed by atoms with Gasteiger partial charge >= 0.3 is 5.97 Å². The molecule has 88 valence electrons. The summed E-state index contributed by atoms with van der Waals surface area (Å²) in [4.78, 5) is 18.4. The van der Waals surface area contributed by atoms with E-state index in [9.17, 15) is 4.79 Å². The van der Waals surface area contributed by atoms with Gasteiger partial charge in [0.05, 0.1) is 0 Å². The molecule has 0 aliphatic carbocycles. The lowest BCUT2D eigenvalue weighted by molar-refractivity contribution is 0.0691. The first kappa shape index (κ1) is 12.4. The Kier molecular flexibility index (Phi) is 5.21. The molecule has 0 aromatic carbocycles. The third-order valence-electron chi connectivity index (χ3n) is 1.86. The number of carboxylic acid groups (broad SMARTS) is 1. The molecular formula is C10H15N3O3. The average Bonchev–Trinajstić information content (AvgIpc) is 2.29. The van der Waals surface area contributed by atoms with Crippen molar-refractivity contribution in [2.45, 2.75) is 13.3 Å². The van der Waals surface area contributed by atoms with Gasteiger partial charge in [0.2, 0.25) is 0 Å². The Bertz CT molecular complexity index is 344. The highest BCUT2D eigenvalue weighted by Gasteiger charge is 2.11. The van der Waals surface area contributed by atoms with E-state index in [2.05, 4.69) is 15.3 Å². The Morgan fingerprint density at radius 2 is 2.25 bits per heavy atom. The van der Waals surface area contributed by atoms with Crippen LogP contribution in [-0.4, -0.2) is 40.8 Å². The fourth-order valence-corrected chi connectivity index (χ4v) is 1.15. The van der Waals surface area contributed by atoms with Crippen molar-refractivity contribution in [1.29, 1.82) is 0 Å². The lowest BCUT2D eigenvalue weighted by Gasteiger charge is -2.07. The zero-order valence-corrected chi connectivity index (χ0v) is 9.14. The number of nitrogens with zero attached hydrogens (tertiary/aromatic N) is 2.